The third-order valence-corrected chi connectivity index (χ3v) is 3.79. The van der Waals surface area contributed by atoms with E-state index in [4.69, 9.17) is 5.84 Å². The number of likely N-dealkylation sites (N-methyl/N-ethyl adjacent to an activating group) is 1. The number of nitrogen functional groups attached to an aromatic ring is 1. The lowest BCUT2D eigenvalue weighted by atomic mass is 10.1. The monoisotopic (exact) mass is 283 g/mol. The van der Waals surface area contributed by atoms with E-state index < -0.39 is 0 Å². The Balaban J connectivity index is 1.71. The van der Waals surface area contributed by atoms with Gasteiger partial charge in [-0.15, -0.1) is 0 Å². The van der Waals surface area contributed by atoms with Crippen molar-refractivity contribution in [3.8, 4) is 0 Å². The van der Waals surface area contributed by atoms with Crippen LogP contribution in [0.3, 0.4) is 0 Å². The number of nitrogens with zero attached hydrogens (tertiary/aromatic N) is 3. The molecule has 0 spiro atoms. The molecule has 2 aromatic rings. The van der Waals surface area contributed by atoms with E-state index in [0.717, 1.165) is 24.6 Å². The zero-order valence-electron chi connectivity index (χ0n) is 12.3. The first-order valence-corrected chi connectivity index (χ1v) is 7.37. The summed E-state index contributed by atoms with van der Waals surface area (Å²) in [6.45, 7) is 0.912. The second-order valence-corrected chi connectivity index (χ2v) is 5.55. The van der Waals surface area contributed by atoms with Crippen molar-refractivity contribution in [3.05, 3.63) is 47.8 Å². The maximum absolute atomic E-state index is 5.51. The normalized spacial score (nSPS) is 14.0. The zero-order valence-corrected chi connectivity index (χ0v) is 12.3. The fourth-order valence-corrected chi connectivity index (χ4v) is 2.30. The number of aromatic nitrogens is 2. The Labute approximate surface area is 125 Å². The van der Waals surface area contributed by atoms with Crippen molar-refractivity contribution in [2.24, 2.45) is 5.84 Å². The van der Waals surface area contributed by atoms with Crippen molar-refractivity contribution in [2.45, 2.75) is 25.2 Å². The lowest BCUT2D eigenvalue weighted by Gasteiger charge is -2.19. The van der Waals surface area contributed by atoms with Crippen LogP contribution in [0, 0.1) is 0 Å². The first-order chi connectivity index (χ1) is 10.3. The van der Waals surface area contributed by atoms with Crippen LogP contribution in [0.4, 0.5) is 11.6 Å². The van der Waals surface area contributed by atoms with Crippen LogP contribution in [0.2, 0.25) is 0 Å². The van der Waals surface area contributed by atoms with Gasteiger partial charge in [0.2, 0.25) is 0 Å². The molecule has 5 heteroatoms. The molecule has 1 aliphatic rings. The minimum Gasteiger partial charge on any atom is -0.359 e. The summed E-state index contributed by atoms with van der Waals surface area (Å²) in [5.41, 5.74) is 3.97. The highest BCUT2D eigenvalue weighted by atomic mass is 15.3. The average Bonchev–Trinajstić information content (AvgIpc) is 3.38. The van der Waals surface area contributed by atoms with Gasteiger partial charge in [0.1, 0.15) is 17.5 Å². The third kappa shape index (κ3) is 3.49. The summed E-state index contributed by atoms with van der Waals surface area (Å²) in [4.78, 5) is 11.3. The molecule has 5 nitrogen and oxygen atoms in total. The zero-order chi connectivity index (χ0) is 14.7. The summed E-state index contributed by atoms with van der Waals surface area (Å²) in [7, 11) is 2.06. The van der Waals surface area contributed by atoms with Crippen LogP contribution < -0.4 is 16.2 Å². The SMILES string of the molecule is CN(CCc1ccccc1)c1cc(NN)nc(C2CC2)n1. The maximum atomic E-state index is 5.51. The molecule has 0 unspecified atom stereocenters. The minimum atomic E-state index is 0.513. The summed E-state index contributed by atoms with van der Waals surface area (Å²) in [5.74, 6) is 8.55. The summed E-state index contributed by atoms with van der Waals surface area (Å²) in [6, 6.07) is 12.4. The van der Waals surface area contributed by atoms with E-state index in [0.29, 0.717) is 11.7 Å². The van der Waals surface area contributed by atoms with Gasteiger partial charge >= 0.3 is 0 Å². The summed E-state index contributed by atoms with van der Waals surface area (Å²) in [6.07, 6.45) is 3.36. The van der Waals surface area contributed by atoms with E-state index in [-0.39, 0.29) is 0 Å². The first kappa shape index (κ1) is 13.8. The molecule has 0 aliphatic heterocycles. The summed E-state index contributed by atoms with van der Waals surface area (Å²) >= 11 is 0. The molecule has 1 saturated carbocycles. The Morgan fingerprint density at radius 2 is 2.00 bits per heavy atom. The first-order valence-electron chi connectivity index (χ1n) is 7.37. The van der Waals surface area contributed by atoms with Gasteiger partial charge in [-0.25, -0.2) is 15.8 Å². The van der Waals surface area contributed by atoms with E-state index in [1.807, 2.05) is 12.1 Å². The van der Waals surface area contributed by atoms with Gasteiger partial charge in [-0.3, -0.25) is 0 Å². The lowest BCUT2D eigenvalue weighted by Crippen LogP contribution is -2.23. The molecule has 110 valence electrons. The van der Waals surface area contributed by atoms with E-state index in [2.05, 4.69) is 51.6 Å². The Hall–Kier alpha value is -2.14. The van der Waals surface area contributed by atoms with Crippen LogP contribution in [0.1, 0.15) is 30.1 Å². The van der Waals surface area contributed by atoms with Crippen molar-refractivity contribution in [2.75, 3.05) is 23.9 Å². The van der Waals surface area contributed by atoms with Gasteiger partial charge in [-0.1, -0.05) is 30.3 Å². The Kier molecular flexibility index (Phi) is 4.01. The van der Waals surface area contributed by atoms with Crippen LogP contribution in [0.25, 0.3) is 0 Å². The number of rotatable bonds is 6. The van der Waals surface area contributed by atoms with E-state index in [1.54, 1.807) is 0 Å². The van der Waals surface area contributed by atoms with Crippen molar-refractivity contribution < 1.29 is 0 Å². The smallest absolute Gasteiger partial charge is 0.145 e. The number of anilines is 2. The molecule has 1 heterocycles. The number of hydrogen-bond donors (Lipinski definition) is 2. The van der Waals surface area contributed by atoms with Gasteiger partial charge in [-0.05, 0) is 24.8 Å². The highest BCUT2D eigenvalue weighted by molar-refractivity contribution is 5.49. The quantitative estimate of drug-likeness (QED) is 0.629. The topological polar surface area (TPSA) is 67.1 Å². The van der Waals surface area contributed by atoms with Gasteiger partial charge in [0.15, 0.2) is 0 Å². The Morgan fingerprint density at radius 3 is 2.67 bits per heavy atom. The van der Waals surface area contributed by atoms with Gasteiger partial charge in [0.25, 0.3) is 0 Å². The molecule has 3 rings (SSSR count). The number of hydrogen-bond acceptors (Lipinski definition) is 5. The predicted octanol–water partition coefficient (Wildman–Crippen LogP) is 2.32. The highest BCUT2D eigenvalue weighted by Crippen LogP contribution is 2.39. The highest BCUT2D eigenvalue weighted by Gasteiger charge is 2.27. The van der Waals surface area contributed by atoms with Crippen molar-refractivity contribution in [1.82, 2.24) is 9.97 Å². The van der Waals surface area contributed by atoms with E-state index in [9.17, 15) is 0 Å². The fourth-order valence-electron chi connectivity index (χ4n) is 2.30. The Morgan fingerprint density at radius 1 is 1.24 bits per heavy atom. The third-order valence-electron chi connectivity index (χ3n) is 3.79. The molecule has 3 N–H and O–H groups in total. The predicted molar refractivity (Wildman–Crippen MR) is 85.2 cm³/mol. The van der Waals surface area contributed by atoms with Gasteiger partial charge in [-0.2, -0.15) is 0 Å². The van der Waals surface area contributed by atoms with Crippen molar-refractivity contribution >= 4 is 11.6 Å². The molecule has 0 radical (unpaired) electrons. The van der Waals surface area contributed by atoms with Crippen LogP contribution in [0.5, 0.6) is 0 Å². The fraction of sp³-hybridized carbons (Fsp3) is 0.375. The molecular weight excluding hydrogens is 262 g/mol. The molecule has 1 aromatic carbocycles. The molecule has 1 aromatic heterocycles. The van der Waals surface area contributed by atoms with Crippen LogP contribution in [-0.4, -0.2) is 23.6 Å². The van der Waals surface area contributed by atoms with E-state index in [1.165, 1.54) is 18.4 Å². The molecule has 0 amide bonds. The largest absolute Gasteiger partial charge is 0.359 e. The molecule has 0 saturated heterocycles. The minimum absolute atomic E-state index is 0.513. The molecule has 1 aliphatic carbocycles. The van der Waals surface area contributed by atoms with Gasteiger partial charge in [0.05, 0.1) is 0 Å². The Bertz CT molecular complexity index is 595. The van der Waals surface area contributed by atoms with Crippen LogP contribution in [0.15, 0.2) is 36.4 Å². The standard InChI is InChI=1S/C16H21N5/c1-21(10-9-12-5-3-2-4-6-12)15-11-14(20-17)18-16(19-15)13-7-8-13/h2-6,11,13H,7-10,17H2,1H3,(H,18,19,20). The number of hydrazine groups is 1. The van der Waals surface area contributed by atoms with Gasteiger partial charge in [0, 0.05) is 25.6 Å². The second-order valence-electron chi connectivity index (χ2n) is 5.55. The van der Waals surface area contributed by atoms with Crippen molar-refractivity contribution in [3.63, 3.8) is 0 Å². The van der Waals surface area contributed by atoms with Crippen LogP contribution in [-0.2, 0) is 6.42 Å². The average molecular weight is 283 g/mol. The number of nitrogens with two attached hydrogens (primary N) is 1. The molecule has 0 bridgehead atoms. The van der Waals surface area contributed by atoms with Crippen LogP contribution >= 0.6 is 0 Å². The second kappa shape index (κ2) is 6.10. The summed E-state index contributed by atoms with van der Waals surface area (Å²) in [5, 5.41) is 0. The van der Waals surface area contributed by atoms with E-state index >= 15 is 0 Å². The number of benzene rings is 1. The molecular formula is C16H21N5. The molecule has 1 fully saturated rings. The maximum Gasteiger partial charge on any atom is 0.145 e. The van der Waals surface area contributed by atoms with Crippen molar-refractivity contribution in [1.29, 1.82) is 0 Å². The summed E-state index contributed by atoms with van der Waals surface area (Å²) < 4.78 is 0. The molecule has 21 heavy (non-hydrogen) atoms. The number of nitrogens with one attached hydrogen (secondary N) is 1. The molecule has 0 atom stereocenters. The lowest BCUT2D eigenvalue weighted by molar-refractivity contribution is 0.834. The van der Waals surface area contributed by atoms with Gasteiger partial charge < -0.3 is 10.3 Å².